The summed E-state index contributed by atoms with van der Waals surface area (Å²) in [7, 11) is 3.32. The highest BCUT2D eigenvalue weighted by atomic mass is 32.2. The molecule has 2 heterocycles. The lowest BCUT2D eigenvalue weighted by Gasteiger charge is -2.12. The van der Waals surface area contributed by atoms with E-state index in [-0.39, 0.29) is 11.5 Å². The highest BCUT2D eigenvalue weighted by molar-refractivity contribution is 7.99. The first-order valence-corrected chi connectivity index (χ1v) is 12.4. The van der Waals surface area contributed by atoms with E-state index < -0.39 is 0 Å². The highest BCUT2D eigenvalue weighted by Crippen LogP contribution is 2.33. The lowest BCUT2D eigenvalue weighted by atomic mass is 10.1. The molecule has 8 heteroatoms. The van der Waals surface area contributed by atoms with Crippen molar-refractivity contribution in [3.8, 4) is 22.8 Å². The second-order valence-corrected chi connectivity index (χ2v) is 9.26. The van der Waals surface area contributed by atoms with Gasteiger partial charge in [0.15, 0.2) is 16.8 Å². The Morgan fingerprint density at radius 3 is 2.46 bits per heavy atom. The number of ether oxygens (including phenoxy) is 2. The first kappa shape index (κ1) is 24.8. The number of hydrogen-bond donors (Lipinski definition) is 0. The van der Waals surface area contributed by atoms with Gasteiger partial charge in [-0.2, -0.15) is 0 Å². The molecule has 0 bridgehead atoms. The van der Waals surface area contributed by atoms with Crippen molar-refractivity contribution < 1.29 is 14.3 Å². The Morgan fingerprint density at radius 1 is 1.00 bits per heavy atom. The van der Waals surface area contributed by atoms with Crippen LogP contribution in [0.2, 0.25) is 0 Å². The number of aryl methyl sites for hydroxylation is 2. The number of methoxy groups -OCH3 is 2. The standard InChI is InChI=1S/C27H30N4O3S/c1-18-10-12-21(13-11-18)31-26(22-8-6-7-9-25(22)34-5)28-29-27(31)35-17-24(32)23-16-19(2)30(20(23)3)14-15-33-4/h6-13,16H,14-15,17H2,1-5H3. The Hall–Kier alpha value is -3.36. The molecule has 0 aliphatic rings. The summed E-state index contributed by atoms with van der Waals surface area (Å²) in [6, 6.07) is 17.9. The number of benzene rings is 2. The Morgan fingerprint density at radius 2 is 1.74 bits per heavy atom. The maximum atomic E-state index is 13.2. The lowest BCUT2D eigenvalue weighted by Crippen LogP contribution is -2.10. The third-order valence-electron chi connectivity index (χ3n) is 6.00. The number of nitrogens with zero attached hydrogens (tertiary/aromatic N) is 4. The van der Waals surface area contributed by atoms with E-state index in [1.807, 2.05) is 60.9 Å². The number of ketones is 1. The number of carbonyl (C=O) groups excluding carboxylic acids is 1. The quantitative estimate of drug-likeness (QED) is 0.222. The first-order chi connectivity index (χ1) is 16.9. The molecule has 0 radical (unpaired) electrons. The summed E-state index contributed by atoms with van der Waals surface area (Å²) in [6.45, 7) is 7.37. The third kappa shape index (κ3) is 5.18. The molecular weight excluding hydrogens is 460 g/mol. The molecule has 0 N–H and O–H groups in total. The van der Waals surface area contributed by atoms with Gasteiger partial charge in [-0.05, 0) is 51.1 Å². The van der Waals surface area contributed by atoms with E-state index in [1.54, 1.807) is 14.2 Å². The van der Waals surface area contributed by atoms with Crippen LogP contribution in [-0.4, -0.2) is 51.7 Å². The van der Waals surface area contributed by atoms with Gasteiger partial charge in [-0.15, -0.1) is 10.2 Å². The molecule has 7 nitrogen and oxygen atoms in total. The zero-order valence-electron chi connectivity index (χ0n) is 20.7. The third-order valence-corrected chi connectivity index (χ3v) is 6.93. The summed E-state index contributed by atoms with van der Waals surface area (Å²) in [6.07, 6.45) is 0. The van der Waals surface area contributed by atoms with Crippen LogP contribution >= 0.6 is 11.8 Å². The van der Waals surface area contributed by atoms with Gasteiger partial charge in [-0.1, -0.05) is 41.6 Å². The van der Waals surface area contributed by atoms with Crippen LogP contribution in [0.1, 0.15) is 27.3 Å². The average molecular weight is 491 g/mol. The van der Waals surface area contributed by atoms with E-state index in [1.165, 1.54) is 11.8 Å². The van der Waals surface area contributed by atoms with Crippen molar-refractivity contribution in [2.75, 3.05) is 26.6 Å². The van der Waals surface area contributed by atoms with Gasteiger partial charge in [0.25, 0.3) is 0 Å². The monoisotopic (exact) mass is 490 g/mol. The molecule has 4 rings (SSSR count). The second kappa shape index (κ2) is 10.9. The molecule has 0 unspecified atom stereocenters. The minimum Gasteiger partial charge on any atom is -0.496 e. The second-order valence-electron chi connectivity index (χ2n) is 8.32. The Balaban J connectivity index is 1.66. The van der Waals surface area contributed by atoms with Gasteiger partial charge in [0, 0.05) is 36.3 Å². The molecule has 0 spiro atoms. The molecule has 0 saturated heterocycles. The predicted molar refractivity (Wildman–Crippen MR) is 139 cm³/mol. The molecule has 35 heavy (non-hydrogen) atoms. The normalized spacial score (nSPS) is 11.1. The maximum Gasteiger partial charge on any atom is 0.196 e. The Labute approximate surface area is 210 Å². The topological polar surface area (TPSA) is 71.2 Å². The lowest BCUT2D eigenvalue weighted by molar-refractivity contribution is 0.102. The fourth-order valence-electron chi connectivity index (χ4n) is 4.11. The predicted octanol–water partition coefficient (Wildman–Crippen LogP) is 5.29. The summed E-state index contributed by atoms with van der Waals surface area (Å²) in [5, 5.41) is 9.61. The van der Waals surface area contributed by atoms with E-state index in [4.69, 9.17) is 9.47 Å². The molecule has 0 fully saturated rings. The number of para-hydroxylation sites is 1. The van der Waals surface area contributed by atoms with Gasteiger partial charge in [0.2, 0.25) is 0 Å². The molecule has 0 atom stereocenters. The largest absolute Gasteiger partial charge is 0.496 e. The number of thioether (sulfide) groups is 1. The number of Topliss-reactive ketones (excluding diaryl/α,β-unsaturated/α-hetero) is 1. The zero-order valence-corrected chi connectivity index (χ0v) is 21.6. The van der Waals surface area contributed by atoms with Crippen LogP contribution in [0.25, 0.3) is 17.1 Å². The average Bonchev–Trinajstić information content (AvgIpc) is 3.42. The molecule has 2 aromatic heterocycles. The number of rotatable bonds is 10. The van der Waals surface area contributed by atoms with E-state index in [9.17, 15) is 4.79 Å². The van der Waals surface area contributed by atoms with Crippen molar-refractivity contribution >= 4 is 17.5 Å². The number of carbonyl (C=O) groups is 1. The summed E-state index contributed by atoms with van der Waals surface area (Å²) in [4.78, 5) is 13.2. The van der Waals surface area contributed by atoms with Crippen LogP contribution in [0.5, 0.6) is 5.75 Å². The summed E-state index contributed by atoms with van der Waals surface area (Å²) < 4.78 is 14.9. The Kier molecular flexibility index (Phi) is 7.73. The van der Waals surface area contributed by atoms with Crippen molar-refractivity contribution in [2.45, 2.75) is 32.5 Å². The van der Waals surface area contributed by atoms with E-state index >= 15 is 0 Å². The summed E-state index contributed by atoms with van der Waals surface area (Å²) in [5.74, 6) is 1.69. The van der Waals surface area contributed by atoms with E-state index in [2.05, 4.69) is 33.8 Å². The van der Waals surface area contributed by atoms with Crippen LogP contribution in [-0.2, 0) is 11.3 Å². The van der Waals surface area contributed by atoms with Crippen LogP contribution in [0.4, 0.5) is 0 Å². The minimum atomic E-state index is 0.0593. The van der Waals surface area contributed by atoms with Gasteiger partial charge in [-0.25, -0.2) is 0 Å². The van der Waals surface area contributed by atoms with Crippen LogP contribution in [0, 0.1) is 20.8 Å². The SMILES string of the molecule is COCCn1c(C)cc(C(=O)CSc2nnc(-c3ccccc3OC)n2-c2ccc(C)cc2)c1C. The van der Waals surface area contributed by atoms with Crippen LogP contribution in [0.3, 0.4) is 0 Å². The Bertz CT molecular complexity index is 1320. The van der Waals surface area contributed by atoms with E-state index in [0.717, 1.165) is 40.3 Å². The van der Waals surface area contributed by atoms with Gasteiger partial charge < -0.3 is 14.0 Å². The number of hydrogen-bond acceptors (Lipinski definition) is 6. The minimum absolute atomic E-state index is 0.0593. The van der Waals surface area contributed by atoms with Gasteiger partial charge in [-0.3, -0.25) is 9.36 Å². The molecule has 2 aromatic carbocycles. The molecule has 0 aliphatic carbocycles. The molecular formula is C27H30N4O3S. The van der Waals surface area contributed by atoms with Gasteiger partial charge in [0.05, 0.1) is 25.0 Å². The molecule has 182 valence electrons. The van der Waals surface area contributed by atoms with Gasteiger partial charge in [0.1, 0.15) is 5.75 Å². The van der Waals surface area contributed by atoms with Crippen LogP contribution in [0.15, 0.2) is 59.8 Å². The fourth-order valence-corrected chi connectivity index (χ4v) is 4.95. The highest BCUT2D eigenvalue weighted by Gasteiger charge is 2.21. The molecule has 0 aliphatic heterocycles. The van der Waals surface area contributed by atoms with Crippen LogP contribution < -0.4 is 4.74 Å². The van der Waals surface area contributed by atoms with Crippen molar-refractivity contribution in [1.29, 1.82) is 0 Å². The van der Waals surface area contributed by atoms with Crippen molar-refractivity contribution in [3.63, 3.8) is 0 Å². The maximum absolute atomic E-state index is 13.2. The zero-order chi connectivity index (χ0) is 24.9. The smallest absolute Gasteiger partial charge is 0.196 e. The molecule has 4 aromatic rings. The first-order valence-electron chi connectivity index (χ1n) is 11.4. The molecule has 0 amide bonds. The van der Waals surface area contributed by atoms with Crippen molar-refractivity contribution in [3.05, 3.63) is 77.1 Å². The van der Waals surface area contributed by atoms with E-state index in [0.29, 0.717) is 23.3 Å². The van der Waals surface area contributed by atoms with Gasteiger partial charge >= 0.3 is 0 Å². The molecule has 0 saturated carbocycles. The fraction of sp³-hybridized carbons (Fsp3) is 0.296. The van der Waals surface area contributed by atoms with Crippen molar-refractivity contribution in [2.24, 2.45) is 0 Å². The summed E-state index contributed by atoms with van der Waals surface area (Å²) >= 11 is 1.38. The van der Waals surface area contributed by atoms with Crippen molar-refractivity contribution in [1.82, 2.24) is 19.3 Å². The number of aromatic nitrogens is 4. The summed E-state index contributed by atoms with van der Waals surface area (Å²) in [5.41, 5.74) is 5.66.